The average Bonchev–Trinajstić information content (AvgIpc) is 2.83. The average molecular weight is 283 g/mol. The van der Waals surface area contributed by atoms with Gasteiger partial charge in [0.15, 0.2) is 11.7 Å². The summed E-state index contributed by atoms with van der Waals surface area (Å²) in [6, 6.07) is 4.55. The maximum Gasteiger partial charge on any atom is 0.194 e. The van der Waals surface area contributed by atoms with Gasteiger partial charge in [-0.15, -0.1) is 0 Å². The van der Waals surface area contributed by atoms with Crippen molar-refractivity contribution in [3.8, 4) is 11.3 Å². The predicted molar refractivity (Wildman–Crippen MR) is 73.8 cm³/mol. The first kappa shape index (κ1) is 14.0. The molecule has 1 heterocycles. The molecule has 2 aromatic rings. The second-order valence-corrected chi connectivity index (χ2v) is 4.58. The van der Waals surface area contributed by atoms with Crippen LogP contribution in [0.1, 0.15) is 19.2 Å². The van der Waals surface area contributed by atoms with Gasteiger partial charge in [-0.2, -0.15) is 0 Å². The lowest BCUT2D eigenvalue weighted by Crippen LogP contribution is -2.14. The van der Waals surface area contributed by atoms with Crippen LogP contribution in [0.4, 0.5) is 4.39 Å². The number of oxazole rings is 1. The molecule has 3 nitrogen and oxygen atoms in total. The Balaban J connectivity index is 2.08. The van der Waals surface area contributed by atoms with E-state index in [0.717, 1.165) is 25.9 Å². The smallest absolute Gasteiger partial charge is 0.194 e. The summed E-state index contributed by atoms with van der Waals surface area (Å²) in [4.78, 5) is 4.15. The number of aromatic nitrogens is 1. The van der Waals surface area contributed by atoms with Gasteiger partial charge < -0.3 is 9.73 Å². The van der Waals surface area contributed by atoms with Crippen molar-refractivity contribution in [2.45, 2.75) is 19.8 Å². The fourth-order valence-electron chi connectivity index (χ4n) is 1.82. The molecular formula is C14H16ClFN2O. The van der Waals surface area contributed by atoms with E-state index in [1.165, 1.54) is 12.3 Å². The zero-order valence-electron chi connectivity index (χ0n) is 10.7. The van der Waals surface area contributed by atoms with Crippen molar-refractivity contribution in [2.75, 3.05) is 13.1 Å². The fraction of sp³-hybridized carbons (Fsp3) is 0.357. The number of rotatable bonds is 6. The monoisotopic (exact) mass is 282 g/mol. The van der Waals surface area contributed by atoms with Gasteiger partial charge in [0.2, 0.25) is 0 Å². The van der Waals surface area contributed by atoms with Gasteiger partial charge in [0.1, 0.15) is 5.82 Å². The zero-order valence-corrected chi connectivity index (χ0v) is 11.5. The number of halogens is 2. The van der Waals surface area contributed by atoms with E-state index in [9.17, 15) is 4.39 Å². The minimum absolute atomic E-state index is 0.273. The number of nitrogens with zero attached hydrogens (tertiary/aromatic N) is 1. The van der Waals surface area contributed by atoms with E-state index >= 15 is 0 Å². The summed E-state index contributed by atoms with van der Waals surface area (Å²) >= 11 is 5.98. The van der Waals surface area contributed by atoms with E-state index < -0.39 is 5.82 Å². The van der Waals surface area contributed by atoms with E-state index in [0.29, 0.717) is 16.7 Å². The Morgan fingerprint density at radius 2 is 2.26 bits per heavy atom. The number of hydrogen-bond acceptors (Lipinski definition) is 3. The summed E-state index contributed by atoms with van der Waals surface area (Å²) in [6.45, 7) is 3.92. The van der Waals surface area contributed by atoms with Gasteiger partial charge >= 0.3 is 0 Å². The third-order valence-corrected chi connectivity index (χ3v) is 3.07. The van der Waals surface area contributed by atoms with Crippen LogP contribution in [-0.2, 0) is 6.42 Å². The number of benzene rings is 1. The molecule has 0 unspecified atom stereocenters. The highest BCUT2D eigenvalue weighted by atomic mass is 35.5. The normalized spacial score (nSPS) is 10.9. The van der Waals surface area contributed by atoms with E-state index in [4.69, 9.17) is 16.0 Å². The van der Waals surface area contributed by atoms with Crippen molar-refractivity contribution in [3.05, 3.63) is 41.1 Å². The van der Waals surface area contributed by atoms with Crippen molar-refractivity contribution >= 4 is 11.6 Å². The van der Waals surface area contributed by atoms with Crippen LogP contribution >= 0.6 is 11.6 Å². The Hall–Kier alpha value is -1.39. The zero-order chi connectivity index (χ0) is 13.7. The van der Waals surface area contributed by atoms with Gasteiger partial charge in [0.05, 0.1) is 16.8 Å². The molecule has 0 fully saturated rings. The minimum Gasteiger partial charge on any atom is -0.441 e. The Morgan fingerprint density at radius 3 is 3.00 bits per heavy atom. The van der Waals surface area contributed by atoms with Crippen LogP contribution in [0.25, 0.3) is 11.3 Å². The lowest BCUT2D eigenvalue weighted by molar-refractivity contribution is 0.490. The van der Waals surface area contributed by atoms with E-state index in [2.05, 4.69) is 17.2 Å². The molecule has 0 atom stereocenters. The Kier molecular flexibility index (Phi) is 4.93. The molecule has 102 valence electrons. The fourth-order valence-corrected chi connectivity index (χ4v) is 2.07. The minimum atomic E-state index is -0.400. The molecule has 5 heteroatoms. The van der Waals surface area contributed by atoms with Gasteiger partial charge in [0, 0.05) is 6.42 Å². The predicted octanol–water partition coefficient (Wildman–Crippen LogP) is 3.68. The molecule has 0 saturated carbocycles. The molecule has 1 N–H and O–H groups in total. The first-order valence-corrected chi connectivity index (χ1v) is 6.70. The topological polar surface area (TPSA) is 38.1 Å². The van der Waals surface area contributed by atoms with Crippen LogP contribution in [-0.4, -0.2) is 18.1 Å². The molecule has 0 amide bonds. The van der Waals surface area contributed by atoms with Gasteiger partial charge in [-0.1, -0.05) is 24.6 Å². The SMILES string of the molecule is CCNCCCc1ncc(-c2c(F)cccc2Cl)o1. The lowest BCUT2D eigenvalue weighted by atomic mass is 10.2. The third kappa shape index (κ3) is 3.55. The Bertz CT molecular complexity index is 522. The second-order valence-electron chi connectivity index (χ2n) is 4.17. The molecule has 0 bridgehead atoms. The standard InChI is InChI=1S/C14H16ClFN2O/c1-2-17-8-4-7-13-18-9-12(19-13)14-10(15)5-3-6-11(14)16/h3,5-6,9,17H,2,4,7-8H2,1H3. The summed E-state index contributed by atoms with van der Waals surface area (Å²) in [5, 5.41) is 3.55. The van der Waals surface area contributed by atoms with Crippen LogP contribution in [0.3, 0.4) is 0 Å². The first-order valence-electron chi connectivity index (χ1n) is 6.32. The van der Waals surface area contributed by atoms with Crippen LogP contribution in [0.5, 0.6) is 0 Å². The lowest BCUT2D eigenvalue weighted by Gasteiger charge is -2.01. The summed E-state index contributed by atoms with van der Waals surface area (Å²) < 4.78 is 19.3. The maximum absolute atomic E-state index is 13.7. The summed E-state index contributed by atoms with van der Waals surface area (Å²) in [5.74, 6) is 0.580. The molecular weight excluding hydrogens is 267 g/mol. The third-order valence-electron chi connectivity index (χ3n) is 2.76. The summed E-state index contributed by atoms with van der Waals surface area (Å²) in [7, 11) is 0. The molecule has 0 aliphatic carbocycles. The highest BCUT2D eigenvalue weighted by molar-refractivity contribution is 6.33. The van der Waals surface area contributed by atoms with Crippen molar-refractivity contribution in [1.29, 1.82) is 0 Å². The van der Waals surface area contributed by atoms with Crippen molar-refractivity contribution in [1.82, 2.24) is 10.3 Å². The van der Waals surface area contributed by atoms with Crippen LogP contribution in [0.15, 0.2) is 28.8 Å². The molecule has 19 heavy (non-hydrogen) atoms. The molecule has 1 aromatic carbocycles. The second kappa shape index (κ2) is 6.68. The van der Waals surface area contributed by atoms with Crippen molar-refractivity contribution < 1.29 is 8.81 Å². The highest BCUT2D eigenvalue weighted by Gasteiger charge is 2.14. The quantitative estimate of drug-likeness (QED) is 0.822. The van der Waals surface area contributed by atoms with Crippen molar-refractivity contribution in [2.24, 2.45) is 0 Å². The molecule has 0 aliphatic heterocycles. The van der Waals surface area contributed by atoms with Gasteiger partial charge in [-0.05, 0) is 31.6 Å². The molecule has 2 rings (SSSR count). The summed E-state index contributed by atoms with van der Waals surface area (Å²) in [6.07, 6.45) is 3.17. The Labute approximate surface area is 116 Å². The summed E-state index contributed by atoms with van der Waals surface area (Å²) in [5.41, 5.74) is 0.273. The van der Waals surface area contributed by atoms with Crippen LogP contribution in [0.2, 0.25) is 5.02 Å². The number of hydrogen-bond donors (Lipinski definition) is 1. The van der Waals surface area contributed by atoms with E-state index in [1.807, 2.05) is 0 Å². The van der Waals surface area contributed by atoms with Gasteiger partial charge in [-0.3, -0.25) is 0 Å². The van der Waals surface area contributed by atoms with Crippen LogP contribution < -0.4 is 5.32 Å². The van der Waals surface area contributed by atoms with Gasteiger partial charge in [0.25, 0.3) is 0 Å². The van der Waals surface area contributed by atoms with Gasteiger partial charge in [-0.25, -0.2) is 9.37 Å². The van der Waals surface area contributed by atoms with Crippen molar-refractivity contribution in [3.63, 3.8) is 0 Å². The maximum atomic E-state index is 13.7. The largest absolute Gasteiger partial charge is 0.441 e. The van der Waals surface area contributed by atoms with E-state index in [1.54, 1.807) is 12.1 Å². The number of aryl methyl sites for hydroxylation is 1. The van der Waals surface area contributed by atoms with Crippen LogP contribution in [0, 0.1) is 5.82 Å². The first-order chi connectivity index (χ1) is 9.22. The van der Waals surface area contributed by atoms with E-state index in [-0.39, 0.29) is 5.56 Å². The molecule has 0 spiro atoms. The molecule has 1 aromatic heterocycles. The number of nitrogens with one attached hydrogen (secondary N) is 1. The Morgan fingerprint density at radius 1 is 1.42 bits per heavy atom. The molecule has 0 aliphatic rings. The molecule has 0 saturated heterocycles. The highest BCUT2D eigenvalue weighted by Crippen LogP contribution is 2.30. The molecule has 0 radical (unpaired) electrons.